The molecule has 82 valence electrons. The SMILES string of the molecule is C(=Cc1c[nH]c2ncccc12)CNC1CC1. The van der Waals surface area contributed by atoms with E-state index < -0.39 is 0 Å². The topological polar surface area (TPSA) is 40.7 Å². The smallest absolute Gasteiger partial charge is 0.137 e. The zero-order valence-corrected chi connectivity index (χ0v) is 9.11. The van der Waals surface area contributed by atoms with Gasteiger partial charge in [0.2, 0.25) is 0 Å². The number of pyridine rings is 1. The first-order valence-electron chi connectivity index (χ1n) is 5.75. The molecule has 1 aliphatic rings. The maximum atomic E-state index is 4.26. The van der Waals surface area contributed by atoms with Crippen LogP contribution in [0.3, 0.4) is 0 Å². The lowest BCUT2D eigenvalue weighted by Crippen LogP contribution is -2.15. The minimum Gasteiger partial charge on any atom is -0.346 e. The standard InChI is InChI=1S/C13H15N3/c1(7-14-11-5-6-11)3-10-9-16-13-12(10)4-2-8-15-13/h1-4,8-9,11,14H,5-7H2,(H,15,16). The third-order valence-corrected chi connectivity index (χ3v) is 2.88. The second kappa shape index (κ2) is 4.10. The van der Waals surface area contributed by atoms with E-state index in [2.05, 4.69) is 33.5 Å². The van der Waals surface area contributed by atoms with Crippen LogP contribution in [0, 0.1) is 0 Å². The maximum Gasteiger partial charge on any atom is 0.137 e. The van der Waals surface area contributed by atoms with E-state index in [1.165, 1.54) is 23.8 Å². The Balaban J connectivity index is 1.72. The predicted octanol–water partition coefficient (Wildman–Crippen LogP) is 2.33. The van der Waals surface area contributed by atoms with Gasteiger partial charge in [-0.05, 0) is 25.0 Å². The van der Waals surface area contributed by atoms with Crippen molar-refractivity contribution in [2.75, 3.05) is 6.54 Å². The average molecular weight is 213 g/mol. The van der Waals surface area contributed by atoms with Gasteiger partial charge < -0.3 is 10.3 Å². The number of rotatable bonds is 4. The highest BCUT2D eigenvalue weighted by molar-refractivity contribution is 5.85. The van der Waals surface area contributed by atoms with Gasteiger partial charge in [-0.25, -0.2) is 4.98 Å². The zero-order valence-electron chi connectivity index (χ0n) is 9.11. The van der Waals surface area contributed by atoms with E-state index >= 15 is 0 Å². The lowest BCUT2D eigenvalue weighted by atomic mass is 10.2. The van der Waals surface area contributed by atoms with Crippen LogP contribution in [0.5, 0.6) is 0 Å². The summed E-state index contributed by atoms with van der Waals surface area (Å²) in [4.78, 5) is 7.43. The predicted molar refractivity (Wildman–Crippen MR) is 66.2 cm³/mol. The normalized spacial score (nSPS) is 16.2. The average Bonchev–Trinajstić information content (AvgIpc) is 3.05. The quantitative estimate of drug-likeness (QED) is 0.818. The highest BCUT2D eigenvalue weighted by Gasteiger charge is 2.18. The summed E-state index contributed by atoms with van der Waals surface area (Å²) >= 11 is 0. The van der Waals surface area contributed by atoms with E-state index in [0.717, 1.165) is 18.2 Å². The van der Waals surface area contributed by atoms with Gasteiger partial charge in [-0.3, -0.25) is 0 Å². The number of nitrogens with one attached hydrogen (secondary N) is 2. The summed E-state index contributed by atoms with van der Waals surface area (Å²) in [7, 11) is 0. The number of nitrogens with zero attached hydrogens (tertiary/aromatic N) is 1. The van der Waals surface area contributed by atoms with E-state index in [1.54, 1.807) is 6.20 Å². The Labute approximate surface area is 94.6 Å². The van der Waals surface area contributed by atoms with Gasteiger partial charge in [0.1, 0.15) is 5.65 Å². The van der Waals surface area contributed by atoms with E-state index in [-0.39, 0.29) is 0 Å². The van der Waals surface area contributed by atoms with Crippen LogP contribution < -0.4 is 5.32 Å². The Bertz CT molecular complexity index is 509. The Morgan fingerprint density at radius 3 is 3.31 bits per heavy atom. The molecule has 1 saturated carbocycles. The molecular formula is C13H15N3. The number of hydrogen-bond donors (Lipinski definition) is 2. The summed E-state index contributed by atoms with van der Waals surface area (Å²) in [6.07, 6.45) is 10.8. The van der Waals surface area contributed by atoms with Crippen LogP contribution in [-0.2, 0) is 0 Å². The van der Waals surface area contributed by atoms with Gasteiger partial charge in [-0.15, -0.1) is 0 Å². The molecule has 2 aromatic rings. The van der Waals surface area contributed by atoms with E-state index in [1.807, 2.05) is 12.3 Å². The molecule has 3 rings (SSSR count). The summed E-state index contributed by atoms with van der Waals surface area (Å²) in [5.41, 5.74) is 2.16. The molecule has 0 spiro atoms. The van der Waals surface area contributed by atoms with Crippen LogP contribution in [0.25, 0.3) is 17.1 Å². The fourth-order valence-corrected chi connectivity index (χ4v) is 1.82. The molecular weight excluding hydrogens is 198 g/mol. The minimum atomic E-state index is 0.772. The number of aromatic amines is 1. The number of aromatic nitrogens is 2. The summed E-state index contributed by atoms with van der Waals surface area (Å²) in [6.45, 7) is 0.956. The van der Waals surface area contributed by atoms with Crippen molar-refractivity contribution in [2.24, 2.45) is 0 Å². The molecule has 2 heterocycles. The molecule has 0 atom stereocenters. The second-order valence-electron chi connectivity index (χ2n) is 4.23. The largest absolute Gasteiger partial charge is 0.346 e. The van der Waals surface area contributed by atoms with E-state index in [0.29, 0.717) is 0 Å². The highest BCUT2D eigenvalue weighted by Crippen LogP contribution is 2.19. The monoisotopic (exact) mass is 213 g/mol. The van der Waals surface area contributed by atoms with Crippen LogP contribution in [0.1, 0.15) is 18.4 Å². The summed E-state index contributed by atoms with van der Waals surface area (Å²) in [5.74, 6) is 0. The first kappa shape index (κ1) is 9.60. The first-order chi connectivity index (χ1) is 7.93. The van der Waals surface area contributed by atoms with Gasteiger partial charge in [0, 0.05) is 35.9 Å². The molecule has 0 unspecified atom stereocenters. The second-order valence-corrected chi connectivity index (χ2v) is 4.23. The third kappa shape index (κ3) is 1.99. The van der Waals surface area contributed by atoms with Gasteiger partial charge in [-0.1, -0.05) is 12.2 Å². The number of hydrogen-bond acceptors (Lipinski definition) is 2. The Morgan fingerprint density at radius 1 is 1.50 bits per heavy atom. The van der Waals surface area contributed by atoms with Crippen molar-refractivity contribution < 1.29 is 0 Å². The lowest BCUT2D eigenvalue weighted by molar-refractivity contribution is 0.754. The van der Waals surface area contributed by atoms with Crippen molar-refractivity contribution in [3.63, 3.8) is 0 Å². The molecule has 1 fully saturated rings. The number of H-pyrrole nitrogens is 1. The van der Waals surface area contributed by atoms with Crippen molar-refractivity contribution >= 4 is 17.1 Å². The molecule has 0 saturated heterocycles. The van der Waals surface area contributed by atoms with Crippen LogP contribution in [0.4, 0.5) is 0 Å². The van der Waals surface area contributed by atoms with Gasteiger partial charge >= 0.3 is 0 Å². The Kier molecular flexibility index (Phi) is 2.46. The van der Waals surface area contributed by atoms with Crippen molar-refractivity contribution in [3.8, 4) is 0 Å². The molecule has 0 amide bonds. The van der Waals surface area contributed by atoms with Crippen LogP contribution >= 0.6 is 0 Å². The molecule has 1 aliphatic carbocycles. The van der Waals surface area contributed by atoms with Crippen molar-refractivity contribution in [1.82, 2.24) is 15.3 Å². The first-order valence-corrected chi connectivity index (χ1v) is 5.75. The van der Waals surface area contributed by atoms with Gasteiger partial charge in [-0.2, -0.15) is 0 Å². The van der Waals surface area contributed by atoms with Crippen molar-refractivity contribution in [2.45, 2.75) is 18.9 Å². The van der Waals surface area contributed by atoms with Crippen LogP contribution in [0.15, 0.2) is 30.6 Å². The lowest BCUT2D eigenvalue weighted by Gasteiger charge is -1.95. The summed E-state index contributed by atoms with van der Waals surface area (Å²) < 4.78 is 0. The molecule has 3 nitrogen and oxygen atoms in total. The minimum absolute atomic E-state index is 0.772. The highest BCUT2D eigenvalue weighted by atomic mass is 14.9. The van der Waals surface area contributed by atoms with Gasteiger partial charge in [0.05, 0.1) is 0 Å². The van der Waals surface area contributed by atoms with Crippen molar-refractivity contribution in [1.29, 1.82) is 0 Å². The zero-order chi connectivity index (χ0) is 10.8. The summed E-state index contributed by atoms with van der Waals surface area (Å²) in [5, 5.41) is 4.64. The molecule has 0 aliphatic heterocycles. The fourth-order valence-electron chi connectivity index (χ4n) is 1.82. The van der Waals surface area contributed by atoms with Gasteiger partial charge in [0.25, 0.3) is 0 Å². The third-order valence-electron chi connectivity index (χ3n) is 2.88. The maximum absolute atomic E-state index is 4.26. The van der Waals surface area contributed by atoms with E-state index in [9.17, 15) is 0 Å². The molecule has 0 bridgehead atoms. The summed E-state index contributed by atoms with van der Waals surface area (Å²) in [6, 6.07) is 4.83. The Morgan fingerprint density at radius 2 is 2.44 bits per heavy atom. The molecule has 2 N–H and O–H groups in total. The molecule has 2 aromatic heterocycles. The molecule has 0 aromatic carbocycles. The fraction of sp³-hybridized carbons (Fsp3) is 0.308. The molecule has 16 heavy (non-hydrogen) atoms. The Hall–Kier alpha value is -1.61. The van der Waals surface area contributed by atoms with Crippen molar-refractivity contribution in [3.05, 3.63) is 36.2 Å². The van der Waals surface area contributed by atoms with E-state index in [4.69, 9.17) is 0 Å². The van der Waals surface area contributed by atoms with Gasteiger partial charge in [0.15, 0.2) is 0 Å². The van der Waals surface area contributed by atoms with Crippen LogP contribution in [0.2, 0.25) is 0 Å². The molecule has 3 heteroatoms. The number of fused-ring (bicyclic) bond motifs is 1. The molecule has 0 radical (unpaired) electrons. The van der Waals surface area contributed by atoms with Crippen LogP contribution in [-0.4, -0.2) is 22.6 Å².